The van der Waals surface area contributed by atoms with Crippen molar-refractivity contribution >= 4 is 11.8 Å². The van der Waals surface area contributed by atoms with Crippen LogP contribution >= 0.6 is 0 Å². The highest BCUT2D eigenvalue weighted by Gasteiger charge is 2.49. The summed E-state index contributed by atoms with van der Waals surface area (Å²) in [4.78, 5) is 25.6. The van der Waals surface area contributed by atoms with Crippen LogP contribution in [0.15, 0.2) is 0 Å². The van der Waals surface area contributed by atoms with Crippen LogP contribution in [0.5, 0.6) is 0 Å². The van der Waals surface area contributed by atoms with E-state index in [0.29, 0.717) is 11.8 Å². The fraction of sp³-hybridized carbons (Fsp3) is 0.867. The largest absolute Gasteiger partial charge is 0.353 e. The van der Waals surface area contributed by atoms with E-state index in [9.17, 15) is 9.59 Å². The predicted molar refractivity (Wildman–Crippen MR) is 75.7 cm³/mol. The first-order valence-electron chi connectivity index (χ1n) is 7.87. The van der Waals surface area contributed by atoms with Crippen molar-refractivity contribution in [3.63, 3.8) is 0 Å². The third-order valence-corrected chi connectivity index (χ3v) is 5.57. The summed E-state index contributed by atoms with van der Waals surface area (Å²) in [5.41, 5.74) is 6.22. The van der Waals surface area contributed by atoms with Crippen LogP contribution in [0.2, 0.25) is 0 Å². The SMILES string of the molecule is CC(=O)N1CCC(NC(=O)C2C3CCC(C3)C2N)CC1. The first kappa shape index (κ1) is 13.9. The van der Waals surface area contributed by atoms with E-state index >= 15 is 0 Å². The number of nitrogens with two attached hydrogens (primary N) is 1. The molecule has 0 aromatic heterocycles. The van der Waals surface area contributed by atoms with E-state index in [1.54, 1.807) is 6.92 Å². The number of nitrogens with one attached hydrogen (secondary N) is 1. The van der Waals surface area contributed by atoms with Crippen molar-refractivity contribution < 1.29 is 9.59 Å². The highest BCUT2D eigenvalue weighted by atomic mass is 16.2. The van der Waals surface area contributed by atoms with Crippen molar-refractivity contribution in [3.05, 3.63) is 0 Å². The Morgan fingerprint density at radius 1 is 1.10 bits per heavy atom. The number of nitrogens with zero attached hydrogens (tertiary/aromatic N) is 1. The Hall–Kier alpha value is -1.10. The molecule has 2 amide bonds. The van der Waals surface area contributed by atoms with Crippen LogP contribution in [-0.2, 0) is 9.59 Å². The van der Waals surface area contributed by atoms with Crippen molar-refractivity contribution in [3.8, 4) is 0 Å². The fourth-order valence-corrected chi connectivity index (χ4v) is 4.36. The number of rotatable bonds is 2. The topological polar surface area (TPSA) is 75.4 Å². The van der Waals surface area contributed by atoms with Crippen molar-refractivity contribution in [1.29, 1.82) is 0 Å². The van der Waals surface area contributed by atoms with Gasteiger partial charge in [0.05, 0.1) is 5.92 Å². The summed E-state index contributed by atoms with van der Waals surface area (Å²) >= 11 is 0. The molecule has 5 heteroatoms. The Morgan fingerprint density at radius 2 is 1.75 bits per heavy atom. The molecule has 3 N–H and O–H groups in total. The van der Waals surface area contributed by atoms with E-state index < -0.39 is 0 Å². The molecule has 3 rings (SSSR count). The summed E-state index contributed by atoms with van der Waals surface area (Å²) in [6, 6.07) is 0.274. The molecule has 0 aromatic carbocycles. The normalized spacial score (nSPS) is 37.2. The number of carbonyl (C=O) groups is 2. The van der Waals surface area contributed by atoms with Gasteiger partial charge in [0.25, 0.3) is 0 Å². The summed E-state index contributed by atoms with van der Waals surface area (Å²) in [7, 11) is 0. The van der Waals surface area contributed by atoms with Gasteiger partial charge >= 0.3 is 0 Å². The van der Waals surface area contributed by atoms with Gasteiger partial charge in [-0.3, -0.25) is 9.59 Å². The maximum atomic E-state index is 12.5. The Labute approximate surface area is 120 Å². The minimum atomic E-state index is 0.0274. The van der Waals surface area contributed by atoms with E-state index in [1.807, 2.05) is 4.90 Å². The van der Waals surface area contributed by atoms with Crippen molar-refractivity contribution in [2.45, 2.75) is 51.1 Å². The Bertz CT molecular complexity index is 402. The van der Waals surface area contributed by atoms with Gasteiger partial charge in [0.2, 0.25) is 11.8 Å². The molecule has 4 unspecified atom stereocenters. The summed E-state index contributed by atoms with van der Waals surface area (Å²) < 4.78 is 0. The fourth-order valence-electron chi connectivity index (χ4n) is 4.36. The zero-order valence-electron chi connectivity index (χ0n) is 12.2. The van der Waals surface area contributed by atoms with E-state index in [4.69, 9.17) is 5.73 Å². The lowest BCUT2D eigenvalue weighted by Gasteiger charge is -2.34. The number of hydrogen-bond donors (Lipinski definition) is 2. The molecule has 112 valence electrons. The molecule has 3 fully saturated rings. The molecule has 2 aliphatic carbocycles. The number of carbonyl (C=O) groups excluding carboxylic acids is 2. The van der Waals surface area contributed by atoms with Crippen LogP contribution in [0.4, 0.5) is 0 Å². The quantitative estimate of drug-likeness (QED) is 0.772. The molecule has 1 heterocycles. The number of amides is 2. The van der Waals surface area contributed by atoms with E-state index in [0.717, 1.165) is 32.4 Å². The molecule has 0 aromatic rings. The maximum Gasteiger partial charge on any atom is 0.225 e. The molecule has 2 bridgehead atoms. The summed E-state index contributed by atoms with van der Waals surface area (Å²) in [5, 5.41) is 3.18. The Balaban J connectivity index is 1.52. The van der Waals surface area contributed by atoms with Gasteiger partial charge in [0.15, 0.2) is 0 Å². The van der Waals surface area contributed by atoms with Crippen molar-refractivity contribution in [2.75, 3.05) is 13.1 Å². The first-order chi connectivity index (χ1) is 9.56. The number of fused-ring (bicyclic) bond motifs is 2. The van der Waals surface area contributed by atoms with E-state index in [-0.39, 0.29) is 29.8 Å². The molecule has 2 saturated carbocycles. The minimum absolute atomic E-state index is 0.0274. The molecule has 0 radical (unpaired) electrons. The summed E-state index contributed by atoms with van der Waals surface area (Å²) in [6.07, 6.45) is 5.23. The molecular formula is C15H25N3O2. The average molecular weight is 279 g/mol. The van der Waals surface area contributed by atoms with Gasteiger partial charge in [-0.05, 0) is 43.9 Å². The zero-order chi connectivity index (χ0) is 14.3. The molecule has 3 aliphatic rings. The number of piperidine rings is 1. The van der Waals surface area contributed by atoms with Crippen LogP contribution in [0.1, 0.15) is 39.0 Å². The minimum Gasteiger partial charge on any atom is -0.353 e. The van der Waals surface area contributed by atoms with Crippen LogP contribution in [0.25, 0.3) is 0 Å². The predicted octanol–water partition coefficient (Wildman–Crippen LogP) is 0.487. The second-order valence-electron chi connectivity index (χ2n) is 6.73. The second-order valence-corrected chi connectivity index (χ2v) is 6.73. The smallest absolute Gasteiger partial charge is 0.225 e. The Kier molecular flexibility index (Phi) is 3.71. The molecule has 1 aliphatic heterocycles. The van der Waals surface area contributed by atoms with Gasteiger partial charge in [0, 0.05) is 32.1 Å². The molecule has 0 spiro atoms. The van der Waals surface area contributed by atoms with Crippen LogP contribution in [-0.4, -0.2) is 41.9 Å². The Morgan fingerprint density at radius 3 is 2.30 bits per heavy atom. The second kappa shape index (κ2) is 5.35. The van der Waals surface area contributed by atoms with Crippen LogP contribution < -0.4 is 11.1 Å². The third-order valence-electron chi connectivity index (χ3n) is 5.57. The van der Waals surface area contributed by atoms with Gasteiger partial charge < -0.3 is 16.0 Å². The third kappa shape index (κ3) is 2.43. The average Bonchev–Trinajstić information content (AvgIpc) is 2.99. The van der Waals surface area contributed by atoms with Crippen molar-refractivity contribution in [2.24, 2.45) is 23.5 Å². The first-order valence-corrected chi connectivity index (χ1v) is 7.87. The maximum absolute atomic E-state index is 12.5. The molecule has 1 saturated heterocycles. The molecule has 4 atom stereocenters. The lowest BCUT2D eigenvalue weighted by atomic mass is 9.84. The number of hydrogen-bond acceptors (Lipinski definition) is 3. The van der Waals surface area contributed by atoms with E-state index in [1.165, 1.54) is 12.8 Å². The van der Waals surface area contributed by atoms with Gasteiger partial charge in [-0.25, -0.2) is 0 Å². The van der Waals surface area contributed by atoms with E-state index in [2.05, 4.69) is 5.32 Å². The van der Waals surface area contributed by atoms with Gasteiger partial charge in [-0.2, -0.15) is 0 Å². The van der Waals surface area contributed by atoms with Gasteiger partial charge in [-0.1, -0.05) is 0 Å². The number of likely N-dealkylation sites (tertiary alicyclic amines) is 1. The highest BCUT2D eigenvalue weighted by Crippen LogP contribution is 2.47. The van der Waals surface area contributed by atoms with Gasteiger partial charge in [0.1, 0.15) is 0 Å². The molecular weight excluding hydrogens is 254 g/mol. The molecule has 5 nitrogen and oxygen atoms in total. The highest BCUT2D eigenvalue weighted by molar-refractivity contribution is 5.80. The zero-order valence-corrected chi connectivity index (χ0v) is 12.2. The lowest BCUT2D eigenvalue weighted by Crippen LogP contribution is -2.51. The van der Waals surface area contributed by atoms with Gasteiger partial charge in [-0.15, -0.1) is 0 Å². The molecule has 20 heavy (non-hydrogen) atoms. The van der Waals surface area contributed by atoms with Crippen LogP contribution in [0.3, 0.4) is 0 Å². The summed E-state index contributed by atoms with van der Waals surface area (Å²) in [5.74, 6) is 1.39. The monoisotopic (exact) mass is 279 g/mol. The van der Waals surface area contributed by atoms with Crippen LogP contribution in [0, 0.1) is 17.8 Å². The lowest BCUT2D eigenvalue weighted by molar-refractivity contribution is -0.130. The standard InChI is InChI=1S/C15H25N3O2/c1-9(19)18-6-4-12(5-7-18)17-15(20)13-10-2-3-11(8-10)14(13)16/h10-14H,2-8,16H2,1H3,(H,17,20). The van der Waals surface area contributed by atoms with Crippen molar-refractivity contribution in [1.82, 2.24) is 10.2 Å². The summed E-state index contributed by atoms with van der Waals surface area (Å²) in [6.45, 7) is 3.11.